The minimum atomic E-state index is 0.322. The normalized spacial score (nSPS) is 10.4. The number of rotatable bonds is 0. The van der Waals surface area contributed by atoms with E-state index in [2.05, 4.69) is 0 Å². The predicted octanol–water partition coefficient (Wildman–Crippen LogP) is 3.28. The Kier molecular flexibility index (Phi) is 2.34. The van der Waals surface area contributed by atoms with Crippen molar-refractivity contribution < 1.29 is 5.11 Å². The maximum Gasteiger partial charge on any atom is 0.123 e. The minimum absolute atomic E-state index is 0.322. The second kappa shape index (κ2) is 2.98. The van der Waals surface area contributed by atoms with Crippen LogP contribution >= 0.6 is 11.6 Å². The van der Waals surface area contributed by atoms with Gasteiger partial charge in [0.1, 0.15) is 5.75 Å². The van der Waals surface area contributed by atoms with Crippen molar-refractivity contribution in [2.75, 3.05) is 0 Å². The maximum atomic E-state index is 9.61. The molecule has 0 aliphatic heterocycles. The fourth-order valence-electron chi connectivity index (χ4n) is 1.29. The molecule has 2 heteroatoms. The van der Waals surface area contributed by atoms with Gasteiger partial charge in [0.2, 0.25) is 0 Å². The van der Waals surface area contributed by atoms with Crippen LogP contribution in [0.4, 0.5) is 0 Å². The number of phenols is 1. The van der Waals surface area contributed by atoms with E-state index in [0.29, 0.717) is 10.8 Å². The molecule has 0 bridgehead atoms. The van der Waals surface area contributed by atoms with Gasteiger partial charge in [0.25, 0.3) is 0 Å². The van der Waals surface area contributed by atoms with Gasteiger partial charge in [0.15, 0.2) is 0 Å². The Hall–Kier alpha value is -0.690. The number of halogens is 1. The fraction of sp³-hybridized carbons (Fsp3) is 0.400. The van der Waals surface area contributed by atoms with E-state index in [9.17, 15) is 5.11 Å². The first-order valence-corrected chi connectivity index (χ1v) is 4.29. The third-order valence-electron chi connectivity index (χ3n) is 2.49. The van der Waals surface area contributed by atoms with Gasteiger partial charge in [-0.2, -0.15) is 0 Å². The Morgan fingerprint density at radius 3 is 1.83 bits per heavy atom. The zero-order valence-electron chi connectivity index (χ0n) is 7.83. The van der Waals surface area contributed by atoms with E-state index in [1.807, 2.05) is 27.7 Å². The van der Waals surface area contributed by atoms with Crippen LogP contribution in [0.5, 0.6) is 5.75 Å². The van der Waals surface area contributed by atoms with Crippen LogP contribution in [-0.2, 0) is 0 Å². The Balaban J connectivity index is 3.60. The van der Waals surface area contributed by atoms with Crippen LogP contribution in [0.15, 0.2) is 0 Å². The molecule has 0 aromatic heterocycles. The molecule has 0 aliphatic rings. The van der Waals surface area contributed by atoms with Gasteiger partial charge in [0, 0.05) is 5.56 Å². The zero-order valence-corrected chi connectivity index (χ0v) is 8.58. The fourth-order valence-corrected chi connectivity index (χ4v) is 1.52. The lowest BCUT2D eigenvalue weighted by atomic mass is 10.00. The van der Waals surface area contributed by atoms with Crippen molar-refractivity contribution in [3.05, 3.63) is 27.3 Å². The molecule has 0 unspecified atom stereocenters. The van der Waals surface area contributed by atoms with Gasteiger partial charge in [-0.1, -0.05) is 11.6 Å². The van der Waals surface area contributed by atoms with Crippen molar-refractivity contribution >= 4 is 11.6 Å². The van der Waals surface area contributed by atoms with Crippen LogP contribution in [0.3, 0.4) is 0 Å². The summed E-state index contributed by atoms with van der Waals surface area (Å²) in [4.78, 5) is 0. The molecule has 0 aliphatic carbocycles. The smallest absolute Gasteiger partial charge is 0.123 e. The highest BCUT2D eigenvalue weighted by Crippen LogP contribution is 2.34. The van der Waals surface area contributed by atoms with Crippen molar-refractivity contribution in [2.24, 2.45) is 0 Å². The molecule has 1 nitrogen and oxygen atoms in total. The van der Waals surface area contributed by atoms with E-state index in [1.165, 1.54) is 0 Å². The highest BCUT2D eigenvalue weighted by Gasteiger charge is 2.11. The van der Waals surface area contributed by atoms with E-state index in [1.54, 1.807) is 0 Å². The van der Waals surface area contributed by atoms with Gasteiger partial charge in [-0.05, 0) is 44.4 Å². The monoisotopic (exact) mass is 184 g/mol. The Morgan fingerprint density at radius 2 is 1.33 bits per heavy atom. The zero-order chi connectivity index (χ0) is 9.46. The van der Waals surface area contributed by atoms with E-state index in [0.717, 1.165) is 22.3 Å². The predicted molar refractivity (Wildman–Crippen MR) is 52.1 cm³/mol. The van der Waals surface area contributed by atoms with Crippen molar-refractivity contribution in [3.8, 4) is 5.75 Å². The van der Waals surface area contributed by atoms with E-state index >= 15 is 0 Å². The molecular formula is C10H13ClO. The first-order valence-electron chi connectivity index (χ1n) is 3.91. The van der Waals surface area contributed by atoms with Crippen molar-refractivity contribution in [1.82, 2.24) is 0 Å². The Bertz CT molecular complexity index is 224. The average molecular weight is 185 g/mol. The summed E-state index contributed by atoms with van der Waals surface area (Å²) >= 11 is 6.00. The molecule has 1 rings (SSSR count). The second-order valence-electron chi connectivity index (χ2n) is 3.16. The van der Waals surface area contributed by atoms with Gasteiger partial charge in [0.05, 0.1) is 5.02 Å². The van der Waals surface area contributed by atoms with E-state index in [-0.39, 0.29) is 0 Å². The quantitative estimate of drug-likeness (QED) is 0.656. The molecule has 66 valence electrons. The first-order chi connectivity index (χ1) is 5.46. The molecule has 0 amide bonds. The lowest BCUT2D eigenvalue weighted by Crippen LogP contribution is -1.92. The maximum absolute atomic E-state index is 9.61. The summed E-state index contributed by atoms with van der Waals surface area (Å²) in [5.41, 5.74) is 3.83. The standard InChI is InChI=1S/C10H13ClO/c1-5-6(2)9(11)8(4)10(12)7(5)3/h12H,1-4H3. The second-order valence-corrected chi connectivity index (χ2v) is 3.54. The molecular weight excluding hydrogens is 172 g/mol. The lowest BCUT2D eigenvalue weighted by Gasteiger charge is -2.12. The molecule has 1 aromatic rings. The summed E-state index contributed by atoms with van der Waals surface area (Å²) < 4.78 is 0. The third-order valence-corrected chi connectivity index (χ3v) is 3.06. The molecule has 0 spiro atoms. The summed E-state index contributed by atoms with van der Waals surface area (Å²) in [6, 6.07) is 0. The molecule has 0 heterocycles. The summed E-state index contributed by atoms with van der Waals surface area (Å²) in [6.45, 7) is 7.67. The molecule has 0 fully saturated rings. The summed E-state index contributed by atoms with van der Waals surface area (Å²) in [6.07, 6.45) is 0. The highest BCUT2D eigenvalue weighted by molar-refractivity contribution is 6.32. The van der Waals surface area contributed by atoms with Gasteiger partial charge in [-0.25, -0.2) is 0 Å². The molecule has 0 radical (unpaired) electrons. The van der Waals surface area contributed by atoms with E-state index < -0.39 is 0 Å². The Labute approximate surface area is 78.0 Å². The first kappa shape index (κ1) is 9.40. The molecule has 0 saturated carbocycles. The number of hydrogen-bond acceptors (Lipinski definition) is 1. The van der Waals surface area contributed by atoms with Gasteiger partial charge in [-0.15, -0.1) is 0 Å². The Morgan fingerprint density at radius 1 is 0.833 bits per heavy atom. The molecule has 0 saturated heterocycles. The molecule has 1 aromatic carbocycles. The minimum Gasteiger partial charge on any atom is -0.507 e. The average Bonchev–Trinajstić information content (AvgIpc) is 2.08. The SMILES string of the molecule is Cc1c(C)c(O)c(C)c(Cl)c1C. The number of aromatic hydroxyl groups is 1. The molecule has 0 atom stereocenters. The van der Waals surface area contributed by atoms with Crippen LogP contribution in [0.2, 0.25) is 5.02 Å². The van der Waals surface area contributed by atoms with Crippen LogP contribution in [-0.4, -0.2) is 5.11 Å². The van der Waals surface area contributed by atoms with Crippen LogP contribution in [0.25, 0.3) is 0 Å². The lowest BCUT2D eigenvalue weighted by molar-refractivity contribution is 0.466. The van der Waals surface area contributed by atoms with Crippen LogP contribution < -0.4 is 0 Å². The van der Waals surface area contributed by atoms with Crippen molar-refractivity contribution in [2.45, 2.75) is 27.7 Å². The summed E-state index contributed by atoms with van der Waals surface area (Å²) in [7, 11) is 0. The van der Waals surface area contributed by atoms with Crippen molar-refractivity contribution in [3.63, 3.8) is 0 Å². The van der Waals surface area contributed by atoms with Crippen molar-refractivity contribution in [1.29, 1.82) is 0 Å². The highest BCUT2D eigenvalue weighted by atomic mass is 35.5. The van der Waals surface area contributed by atoms with Gasteiger partial charge < -0.3 is 5.11 Å². The number of benzene rings is 1. The molecule has 1 N–H and O–H groups in total. The van der Waals surface area contributed by atoms with Crippen LogP contribution in [0.1, 0.15) is 22.3 Å². The third kappa shape index (κ3) is 1.18. The van der Waals surface area contributed by atoms with Gasteiger partial charge >= 0.3 is 0 Å². The van der Waals surface area contributed by atoms with E-state index in [4.69, 9.17) is 11.6 Å². The summed E-state index contributed by atoms with van der Waals surface area (Å²) in [5.74, 6) is 0.322. The largest absolute Gasteiger partial charge is 0.507 e. The number of hydrogen-bond donors (Lipinski definition) is 1. The topological polar surface area (TPSA) is 20.2 Å². The number of phenolic OH excluding ortho intramolecular Hbond substituents is 1. The summed E-state index contributed by atoms with van der Waals surface area (Å²) in [5, 5.41) is 10.3. The van der Waals surface area contributed by atoms with Crippen LogP contribution in [0, 0.1) is 27.7 Å². The molecule has 12 heavy (non-hydrogen) atoms. The van der Waals surface area contributed by atoms with Gasteiger partial charge in [-0.3, -0.25) is 0 Å².